The number of oxazole rings is 1. The Morgan fingerprint density at radius 1 is 1.10 bits per heavy atom. The number of rotatable bonds is 8. The topological polar surface area (TPSA) is 92.5 Å². The van der Waals surface area contributed by atoms with Gasteiger partial charge in [-0.2, -0.15) is 0 Å². The first-order valence-electron chi connectivity index (χ1n) is 10.4. The molecule has 0 aliphatic carbocycles. The van der Waals surface area contributed by atoms with Crippen LogP contribution in [0.4, 0.5) is 0 Å². The van der Waals surface area contributed by atoms with E-state index in [1.165, 1.54) is 4.90 Å². The van der Waals surface area contributed by atoms with Gasteiger partial charge in [0.15, 0.2) is 5.89 Å². The average molecular weight is 412 g/mol. The molecule has 0 bridgehead atoms. The molecule has 0 radical (unpaired) electrons. The Balaban J connectivity index is 1.37. The Labute approximate surface area is 176 Å². The molecule has 3 rings (SSSR count). The number of hydrogen-bond acceptors (Lipinski definition) is 5. The van der Waals surface area contributed by atoms with Crippen LogP contribution in [0.5, 0.6) is 0 Å². The molecule has 1 aliphatic rings. The zero-order valence-electron chi connectivity index (χ0n) is 18.1. The van der Waals surface area contributed by atoms with Crippen LogP contribution in [0.15, 0.2) is 28.7 Å². The van der Waals surface area contributed by atoms with Crippen LogP contribution in [0, 0.1) is 6.92 Å². The first-order chi connectivity index (χ1) is 14.2. The normalized spacial score (nSPS) is 13.7. The summed E-state index contributed by atoms with van der Waals surface area (Å²) in [5.74, 6) is 0.935. The fourth-order valence-electron chi connectivity index (χ4n) is 3.39. The van der Waals surface area contributed by atoms with Crippen molar-refractivity contribution in [3.05, 3.63) is 52.7 Å². The van der Waals surface area contributed by atoms with Crippen LogP contribution in [0.1, 0.15) is 78.1 Å². The second-order valence-electron chi connectivity index (χ2n) is 8.64. The molecule has 0 atom stereocenters. The highest BCUT2D eigenvalue weighted by atomic mass is 16.4. The summed E-state index contributed by atoms with van der Waals surface area (Å²) in [6.45, 7) is 8.90. The summed E-state index contributed by atoms with van der Waals surface area (Å²) in [6, 6.07) is 6.79. The number of fused-ring (bicyclic) bond motifs is 1. The summed E-state index contributed by atoms with van der Waals surface area (Å²) in [4.78, 5) is 42.4. The van der Waals surface area contributed by atoms with E-state index in [4.69, 9.17) is 4.42 Å². The van der Waals surface area contributed by atoms with Gasteiger partial charge in [-0.3, -0.25) is 19.3 Å². The second kappa shape index (κ2) is 8.81. The van der Waals surface area contributed by atoms with E-state index < -0.39 is 0 Å². The molecule has 1 aliphatic heterocycles. The lowest BCUT2D eigenvalue weighted by atomic mass is 9.97. The zero-order chi connectivity index (χ0) is 21.9. The van der Waals surface area contributed by atoms with Gasteiger partial charge >= 0.3 is 0 Å². The van der Waals surface area contributed by atoms with Gasteiger partial charge in [0, 0.05) is 31.3 Å². The van der Waals surface area contributed by atoms with Crippen molar-refractivity contribution in [2.75, 3.05) is 13.1 Å². The second-order valence-corrected chi connectivity index (χ2v) is 8.64. The minimum atomic E-state index is -0.284. The smallest absolute Gasteiger partial charge is 0.261 e. The lowest BCUT2D eigenvalue weighted by Gasteiger charge is -2.13. The minimum absolute atomic E-state index is 0.0868. The number of imide groups is 1. The summed E-state index contributed by atoms with van der Waals surface area (Å²) >= 11 is 0. The van der Waals surface area contributed by atoms with E-state index in [0.717, 1.165) is 23.8 Å². The first kappa shape index (κ1) is 21.7. The third-order valence-electron chi connectivity index (χ3n) is 5.10. The third-order valence-corrected chi connectivity index (χ3v) is 5.10. The fourth-order valence-corrected chi connectivity index (χ4v) is 3.39. The van der Waals surface area contributed by atoms with Gasteiger partial charge in [0.05, 0.1) is 16.8 Å². The van der Waals surface area contributed by atoms with Crippen molar-refractivity contribution in [2.45, 2.75) is 58.8 Å². The lowest BCUT2D eigenvalue weighted by Crippen LogP contribution is -2.32. The van der Waals surface area contributed by atoms with Gasteiger partial charge in [-0.25, -0.2) is 4.98 Å². The Kier molecular flexibility index (Phi) is 6.39. The maximum atomic E-state index is 12.3. The molecule has 1 aromatic carbocycles. The number of hydrogen-bond donors (Lipinski definition) is 1. The number of nitrogens with zero attached hydrogens (tertiary/aromatic N) is 2. The molecule has 0 saturated carbocycles. The molecular weight excluding hydrogens is 382 g/mol. The van der Waals surface area contributed by atoms with Gasteiger partial charge in [0.2, 0.25) is 5.91 Å². The van der Waals surface area contributed by atoms with Crippen molar-refractivity contribution < 1.29 is 18.8 Å². The minimum Gasteiger partial charge on any atom is -0.445 e. The summed E-state index contributed by atoms with van der Waals surface area (Å²) < 4.78 is 5.86. The average Bonchev–Trinajstić information content (AvgIpc) is 3.18. The Morgan fingerprint density at radius 3 is 2.30 bits per heavy atom. The number of amides is 3. The summed E-state index contributed by atoms with van der Waals surface area (Å²) in [6.07, 6.45) is 2.17. The van der Waals surface area contributed by atoms with Crippen LogP contribution in [0.2, 0.25) is 0 Å². The molecule has 160 valence electrons. The predicted molar refractivity (Wildman–Crippen MR) is 112 cm³/mol. The quantitative estimate of drug-likeness (QED) is 0.531. The largest absolute Gasteiger partial charge is 0.445 e. The number of carbonyl (C=O) groups excluding carboxylic acids is 3. The molecule has 0 unspecified atom stereocenters. The number of carbonyl (C=O) groups is 3. The van der Waals surface area contributed by atoms with Crippen LogP contribution in [0.3, 0.4) is 0 Å². The third kappa shape index (κ3) is 4.78. The van der Waals surface area contributed by atoms with Crippen molar-refractivity contribution in [3.8, 4) is 0 Å². The standard InChI is InChI=1S/C23H29N3O4/c1-15-18(30-22(25-15)23(2,3)4)11-7-13-24-19(27)12-8-14-26-20(28)16-9-5-6-10-17(16)21(26)29/h5-6,9-10H,7-8,11-14H2,1-4H3,(H,24,27). The molecule has 0 spiro atoms. The molecule has 1 N–H and O–H groups in total. The van der Waals surface area contributed by atoms with E-state index in [-0.39, 0.29) is 36.1 Å². The summed E-state index contributed by atoms with van der Waals surface area (Å²) in [5, 5.41) is 2.88. The van der Waals surface area contributed by atoms with E-state index in [9.17, 15) is 14.4 Å². The van der Waals surface area contributed by atoms with Gasteiger partial charge in [0.25, 0.3) is 11.8 Å². The summed E-state index contributed by atoms with van der Waals surface area (Å²) in [7, 11) is 0. The molecular formula is C23H29N3O4. The van der Waals surface area contributed by atoms with E-state index in [1.807, 2.05) is 6.92 Å². The molecule has 30 heavy (non-hydrogen) atoms. The highest BCUT2D eigenvalue weighted by molar-refractivity contribution is 6.21. The number of aromatic nitrogens is 1. The molecule has 2 heterocycles. The number of benzene rings is 1. The molecule has 0 saturated heterocycles. The molecule has 7 nitrogen and oxygen atoms in total. The van der Waals surface area contributed by atoms with E-state index in [0.29, 0.717) is 30.5 Å². The van der Waals surface area contributed by atoms with Gasteiger partial charge < -0.3 is 9.73 Å². The van der Waals surface area contributed by atoms with E-state index >= 15 is 0 Å². The van der Waals surface area contributed by atoms with Gasteiger partial charge in [-0.05, 0) is 31.9 Å². The molecule has 0 fully saturated rings. The van der Waals surface area contributed by atoms with E-state index in [2.05, 4.69) is 31.1 Å². The van der Waals surface area contributed by atoms with Crippen LogP contribution in [-0.4, -0.2) is 40.7 Å². The van der Waals surface area contributed by atoms with Gasteiger partial charge in [-0.15, -0.1) is 0 Å². The number of nitrogens with one attached hydrogen (secondary N) is 1. The Bertz CT molecular complexity index is 921. The van der Waals surface area contributed by atoms with Gasteiger partial charge in [0.1, 0.15) is 5.76 Å². The lowest BCUT2D eigenvalue weighted by molar-refractivity contribution is -0.121. The van der Waals surface area contributed by atoms with Crippen molar-refractivity contribution in [1.82, 2.24) is 15.2 Å². The highest BCUT2D eigenvalue weighted by Gasteiger charge is 2.34. The van der Waals surface area contributed by atoms with Crippen LogP contribution >= 0.6 is 0 Å². The monoisotopic (exact) mass is 411 g/mol. The summed E-state index contributed by atoms with van der Waals surface area (Å²) in [5.41, 5.74) is 1.64. The van der Waals surface area contributed by atoms with Crippen molar-refractivity contribution in [2.24, 2.45) is 0 Å². The van der Waals surface area contributed by atoms with Gasteiger partial charge in [-0.1, -0.05) is 32.9 Å². The van der Waals surface area contributed by atoms with Crippen LogP contribution in [0.25, 0.3) is 0 Å². The Morgan fingerprint density at radius 2 is 1.73 bits per heavy atom. The predicted octanol–water partition coefficient (Wildman–Crippen LogP) is 3.41. The molecule has 1 aromatic heterocycles. The molecule has 3 amide bonds. The van der Waals surface area contributed by atoms with E-state index in [1.54, 1.807) is 24.3 Å². The first-order valence-corrected chi connectivity index (χ1v) is 10.4. The number of aryl methyl sites for hydroxylation is 2. The van der Waals surface area contributed by atoms with Crippen molar-refractivity contribution in [3.63, 3.8) is 0 Å². The maximum Gasteiger partial charge on any atom is 0.261 e. The zero-order valence-corrected chi connectivity index (χ0v) is 18.1. The van der Waals surface area contributed by atoms with Crippen LogP contribution in [-0.2, 0) is 16.6 Å². The fraction of sp³-hybridized carbons (Fsp3) is 0.478. The van der Waals surface area contributed by atoms with Crippen molar-refractivity contribution >= 4 is 17.7 Å². The Hall–Kier alpha value is -2.96. The van der Waals surface area contributed by atoms with Crippen molar-refractivity contribution in [1.29, 1.82) is 0 Å². The van der Waals surface area contributed by atoms with Crippen LogP contribution < -0.4 is 5.32 Å². The molecule has 2 aromatic rings. The molecule has 7 heteroatoms. The SMILES string of the molecule is Cc1nc(C(C)(C)C)oc1CCCNC(=O)CCCN1C(=O)c2ccccc2C1=O. The highest BCUT2D eigenvalue weighted by Crippen LogP contribution is 2.24. The maximum absolute atomic E-state index is 12.3.